The third kappa shape index (κ3) is 6.01. The van der Waals surface area contributed by atoms with Crippen molar-refractivity contribution in [3.8, 4) is 23.0 Å². The molecule has 0 aliphatic carbocycles. The van der Waals surface area contributed by atoms with E-state index in [1.165, 1.54) is 0 Å². The van der Waals surface area contributed by atoms with Crippen molar-refractivity contribution in [1.29, 1.82) is 0 Å². The van der Waals surface area contributed by atoms with Gasteiger partial charge < -0.3 is 19.5 Å². The Labute approximate surface area is 177 Å². The molecule has 0 bridgehead atoms. The van der Waals surface area contributed by atoms with Gasteiger partial charge >= 0.3 is 0 Å². The van der Waals surface area contributed by atoms with Crippen molar-refractivity contribution in [3.63, 3.8) is 0 Å². The summed E-state index contributed by atoms with van der Waals surface area (Å²) in [4.78, 5) is 12.5. The molecular weight excluding hydrogens is 378 g/mol. The van der Waals surface area contributed by atoms with Crippen LogP contribution in [0.1, 0.15) is 25.8 Å². The minimum absolute atomic E-state index is 0.0778. The normalized spacial score (nSPS) is 10.3. The van der Waals surface area contributed by atoms with Crippen molar-refractivity contribution in [2.75, 3.05) is 18.5 Å². The van der Waals surface area contributed by atoms with E-state index in [4.69, 9.17) is 14.2 Å². The molecule has 5 nitrogen and oxygen atoms in total. The molecule has 0 saturated carbocycles. The first-order valence-corrected chi connectivity index (χ1v) is 10.2. The molecule has 0 saturated heterocycles. The molecule has 0 aromatic heterocycles. The fraction of sp³-hybridized carbons (Fsp3) is 0.240. The molecule has 0 unspecified atom stereocenters. The van der Waals surface area contributed by atoms with Crippen LogP contribution in [0.2, 0.25) is 0 Å². The SMILES string of the molecule is CCOc1ccc(CCC(=O)Nc2ccccc2Oc2ccccc2)cc1OCC. The minimum Gasteiger partial charge on any atom is -0.490 e. The van der Waals surface area contributed by atoms with Crippen LogP contribution in [0.5, 0.6) is 23.0 Å². The summed E-state index contributed by atoms with van der Waals surface area (Å²) in [7, 11) is 0. The maximum Gasteiger partial charge on any atom is 0.224 e. The lowest BCUT2D eigenvalue weighted by Crippen LogP contribution is -2.13. The van der Waals surface area contributed by atoms with Gasteiger partial charge in [-0.2, -0.15) is 0 Å². The number of anilines is 1. The Morgan fingerprint density at radius 1 is 0.800 bits per heavy atom. The van der Waals surface area contributed by atoms with Gasteiger partial charge in [0.15, 0.2) is 17.2 Å². The molecule has 5 heteroatoms. The summed E-state index contributed by atoms with van der Waals surface area (Å²) < 4.78 is 17.2. The van der Waals surface area contributed by atoms with Gasteiger partial charge in [-0.1, -0.05) is 36.4 Å². The van der Waals surface area contributed by atoms with Crippen LogP contribution in [0.4, 0.5) is 5.69 Å². The zero-order valence-electron chi connectivity index (χ0n) is 17.4. The summed E-state index contributed by atoms with van der Waals surface area (Å²) in [5.41, 5.74) is 1.67. The molecule has 3 aromatic rings. The summed E-state index contributed by atoms with van der Waals surface area (Å²) >= 11 is 0. The van der Waals surface area contributed by atoms with E-state index < -0.39 is 0 Å². The molecule has 0 heterocycles. The predicted molar refractivity (Wildman–Crippen MR) is 119 cm³/mol. The van der Waals surface area contributed by atoms with Crippen LogP contribution in [-0.2, 0) is 11.2 Å². The van der Waals surface area contributed by atoms with E-state index in [2.05, 4.69) is 5.32 Å². The first-order chi connectivity index (χ1) is 14.7. The van der Waals surface area contributed by atoms with E-state index in [1.807, 2.05) is 86.6 Å². The molecule has 156 valence electrons. The molecule has 30 heavy (non-hydrogen) atoms. The van der Waals surface area contributed by atoms with E-state index in [0.29, 0.717) is 43.2 Å². The number of rotatable bonds is 10. The maximum atomic E-state index is 12.5. The lowest BCUT2D eigenvalue weighted by atomic mass is 10.1. The average Bonchev–Trinajstić information content (AvgIpc) is 2.76. The van der Waals surface area contributed by atoms with E-state index in [0.717, 1.165) is 17.1 Å². The van der Waals surface area contributed by atoms with Crippen LogP contribution >= 0.6 is 0 Å². The highest BCUT2D eigenvalue weighted by molar-refractivity contribution is 5.92. The fourth-order valence-corrected chi connectivity index (χ4v) is 3.00. The number of hydrogen-bond acceptors (Lipinski definition) is 4. The molecule has 0 aliphatic rings. The van der Waals surface area contributed by atoms with Crippen molar-refractivity contribution in [1.82, 2.24) is 0 Å². The number of carbonyl (C=O) groups is 1. The molecule has 0 radical (unpaired) electrons. The zero-order valence-corrected chi connectivity index (χ0v) is 17.4. The summed E-state index contributed by atoms with van der Waals surface area (Å²) in [5.74, 6) is 2.68. The van der Waals surface area contributed by atoms with E-state index in [9.17, 15) is 4.79 Å². The Bertz CT molecular complexity index is 956. The molecular formula is C25H27NO4. The second kappa shape index (κ2) is 10.9. The lowest BCUT2D eigenvalue weighted by Gasteiger charge is -2.13. The second-order valence-electron chi connectivity index (χ2n) is 6.61. The topological polar surface area (TPSA) is 56.8 Å². The predicted octanol–water partition coefficient (Wildman–Crippen LogP) is 5.85. The Balaban J connectivity index is 1.62. The van der Waals surface area contributed by atoms with Crippen molar-refractivity contribution in [2.45, 2.75) is 26.7 Å². The molecule has 1 N–H and O–H groups in total. The minimum atomic E-state index is -0.0778. The first-order valence-electron chi connectivity index (χ1n) is 10.2. The van der Waals surface area contributed by atoms with E-state index in [-0.39, 0.29) is 5.91 Å². The Morgan fingerprint density at radius 2 is 1.50 bits per heavy atom. The first kappa shape index (κ1) is 21.2. The zero-order chi connectivity index (χ0) is 21.2. The van der Waals surface area contributed by atoms with E-state index >= 15 is 0 Å². The van der Waals surface area contributed by atoms with E-state index in [1.54, 1.807) is 0 Å². The molecule has 0 spiro atoms. The van der Waals surface area contributed by atoms with Crippen molar-refractivity contribution < 1.29 is 19.0 Å². The highest BCUT2D eigenvalue weighted by Gasteiger charge is 2.11. The highest BCUT2D eigenvalue weighted by Crippen LogP contribution is 2.30. The number of benzene rings is 3. The average molecular weight is 405 g/mol. The van der Waals surface area contributed by atoms with Gasteiger partial charge in [-0.05, 0) is 62.2 Å². The third-order valence-corrected chi connectivity index (χ3v) is 4.38. The third-order valence-electron chi connectivity index (χ3n) is 4.38. The second-order valence-corrected chi connectivity index (χ2v) is 6.61. The van der Waals surface area contributed by atoms with Crippen molar-refractivity contribution in [2.24, 2.45) is 0 Å². The van der Waals surface area contributed by atoms with Crippen LogP contribution in [0.3, 0.4) is 0 Å². The molecule has 3 rings (SSSR count). The number of amides is 1. The Morgan fingerprint density at radius 3 is 2.27 bits per heavy atom. The Kier molecular flexibility index (Phi) is 7.72. The van der Waals surface area contributed by atoms with Crippen LogP contribution < -0.4 is 19.5 Å². The molecule has 0 atom stereocenters. The van der Waals surface area contributed by atoms with Gasteiger partial charge in [0.2, 0.25) is 5.91 Å². The largest absolute Gasteiger partial charge is 0.490 e. The highest BCUT2D eigenvalue weighted by atomic mass is 16.5. The summed E-state index contributed by atoms with van der Waals surface area (Å²) in [6.07, 6.45) is 0.944. The van der Waals surface area contributed by atoms with Crippen molar-refractivity contribution >= 4 is 11.6 Å². The molecule has 0 fully saturated rings. The lowest BCUT2D eigenvalue weighted by molar-refractivity contribution is -0.116. The van der Waals surface area contributed by atoms with Gasteiger partial charge in [0.05, 0.1) is 18.9 Å². The fourth-order valence-electron chi connectivity index (χ4n) is 3.00. The number of nitrogens with one attached hydrogen (secondary N) is 1. The molecule has 1 amide bonds. The maximum absolute atomic E-state index is 12.5. The number of hydrogen-bond donors (Lipinski definition) is 1. The smallest absolute Gasteiger partial charge is 0.224 e. The van der Waals surface area contributed by atoms with Crippen molar-refractivity contribution in [3.05, 3.63) is 78.4 Å². The number of carbonyl (C=O) groups excluding carboxylic acids is 1. The van der Waals surface area contributed by atoms with Gasteiger partial charge in [-0.15, -0.1) is 0 Å². The summed E-state index contributed by atoms with van der Waals surface area (Å²) in [6, 6.07) is 22.7. The van der Waals surface area contributed by atoms with Gasteiger partial charge in [-0.3, -0.25) is 4.79 Å². The van der Waals surface area contributed by atoms with Gasteiger partial charge in [0, 0.05) is 6.42 Å². The molecule has 0 aliphatic heterocycles. The standard InChI is InChI=1S/C25H27NO4/c1-3-28-23-16-14-19(18-24(23)29-4-2)15-17-25(27)26-21-12-8-9-13-22(21)30-20-10-6-5-7-11-20/h5-14,16,18H,3-4,15,17H2,1-2H3,(H,26,27). The molecule has 3 aromatic carbocycles. The number of ether oxygens (including phenoxy) is 3. The van der Waals surface area contributed by atoms with Gasteiger partial charge in [-0.25, -0.2) is 0 Å². The van der Waals surface area contributed by atoms with Crippen LogP contribution in [0, 0.1) is 0 Å². The number of para-hydroxylation sites is 3. The van der Waals surface area contributed by atoms with Gasteiger partial charge in [0.25, 0.3) is 0 Å². The monoisotopic (exact) mass is 405 g/mol. The van der Waals surface area contributed by atoms with Crippen LogP contribution in [-0.4, -0.2) is 19.1 Å². The van der Waals surface area contributed by atoms with Crippen LogP contribution in [0.15, 0.2) is 72.8 Å². The number of aryl methyl sites for hydroxylation is 1. The Hall–Kier alpha value is -3.47. The van der Waals surface area contributed by atoms with Crippen LogP contribution in [0.25, 0.3) is 0 Å². The quantitative estimate of drug-likeness (QED) is 0.460. The summed E-state index contributed by atoms with van der Waals surface area (Å²) in [5, 5.41) is 2.95. The van der Waals surface area contributed by atoms with Gasteiger partial charge in [0.1, 0.15) is 5.75 Å². The summed E-state index contributed by atoms with van der Waals surface area (Å²) in [6.45, 7) is 5.01.